The SMILES string of the molecule is C[C@@](O)(c1ccc(N2CCN(S(=O)(=O)c3cccs3)C[C@@H]2CN2C3CCCC2CC(O)C3)cc1)C(F)(F)F. The quantitative estimate of drug-likeness (QED) is 0.548. The third kappa shape index (κ3) is 5.23. The fraction of sp³-hybridized carbons (Fsp3) is 0.615. The molecule has 0 amide bonds. The molecule has 2 bridgehead atoms. The second-order valence-electron chi connectivity index (χ2n) is 10.8. The van der Waals surface area contributed by atoms with Crippen molar-refractivity contribution in [3.63, 3.8) is 0 Å². The van der Waals surface area contributed by atoms with Gasteiger partial charge < -0.3 is 15.1 Å². The average molecular weight is 574 g/mol. The number of alkyl halides is 3. The number of benzene rings is 1. The second kappa shape index (κ2) is 10.4. The van der Waals surface area contributed by atoms with Crippen LogP contribution in [0.25, 0.3) is 0 Å². The molecule has 3 aliphatic heterocycles. The van der Waals surface area contributed by atoms with Crippen LogP contribution in [0.3, 0.4) is 0 Å². The molecule has 7 nitrogen and oxygen atoms in total. The van der Waals surface area contributed by atoms with Gasteiger partial charge in [-0.1, -0.05) is 24.6 Å². The van der Waals surface area contributed by atoms with Crippen molar-refractivity contribution in [3.8, 4) is 0 Å². The van der Waals surface area contributed by atoms with Gasteiger partial charge >= 0.3 is 6.18 Å². The Labute approximate surface area is 225 Å². The molecular formula is C26H34F3N3O4S2. The molecule has 1 aromatic carbocycles. The Morgan fingerprint density at radius 2 is 1.71 bits per heavy atom. The van der Waals surface area contributed by atoms with Crippen molar-refractivity contribution in [3.05, 3.63) is 47.3 Å². The molecule has 210 valence electrons. The maximum atomic E-state index is 13.4. The highest BCUT2D eigenvalue weighted by Gasteiger charge is 2.51. The van der Waals surface area contributed by atoms with E-state index in [1.54, 1.807) is 29.6 Å². The minimum absolute atomic E-state index is 0.230. The third-order valence-corrected chi connectivity index (χ3v) is 11.6. The first-order valence-corrected chi connectivity index (χ1v) is 15.3. The number of aliphatic hydroxyl groups excluding tert-OH is 1. The molecule has 38 heavy (non-hydrogen) atoms. The van der Waals surface area contributed by atoms with Crippen molar-refractivity contribution >= 4 is 27.0 Å². The summed E-state index contributed by atoms with van der Waals surface area (Å²) in [5.74, 6) is 0. The lowest BCUT2D eigenvalue weighted by Gasteiger charge is -2.51. The molecule has 3 fully saturated rings. The summed E-state index contributed by atoms with van der Waals surface area (Å²) in [7, 11) is -3.66. The molecule has 0 aliphatic carbocycles. The molecule has 5 rings (SSSR count). The van der Waals surface area contributed by atoms with Crippen LogP contribution < -0.4 is 4.90 Å². The maximum absolute atomic E-state index is 13.4. The molecule has 4 heterocycles. The fourth-order valence-corrected chi connectivity index (χ4v) is 8.82. The molecule has 4 atom stereocenters. The molecule has 2 N–H and O–H groups in total. The molecule has 2 aromatic rings. The van der Waals surface area contributed by atoms with Gasteiger partial charge in [0.2, 0.25) is 0 Å². The Morgan fingerprint density at radius 3 is 2.29 bits per heavy atom. The number of nitrogens with zero attached hydrogens (tertiary/aromatic N) is 3. The molecule has 0 radical (unpaired) electrons. The summed E-state index contributed by atoms with van der Waals surface area (Å²) in [6.07, 6.45) is -0.670. The second-order valence-corrected chi connectivity index (χ2v) is 13.9. The average Bonchev–Trinajstić information content (AvgIpc) is 3.40. The lowest BCUT2D eigenvalue weighted by Crippen LogP contribution is -2.62. The van der Waals surface area contributed by atoms with E-state index in [2.05, 4.69) is 9.80 Å². The summed E-state index contributed by atoms with van der Waals surface area (Å²) in [5.41, 5.74) is -2.53. The van der Waals surface area contributed by atoms with Crippen LogP contribution >= 0.6 is 11.3 Å². The summed E-state index contributed by atoms with van der Waals surface area (Å²) in [4.78, 5) is 4.49. The van der Waals surface area contributed by atoms with Crippen molar-refractivity contribution in [1.82, 2.24) is 9.21 Å². The minimum atomic E-state index is -4.81. The van der Waals surface area contributed by atoms with Gasteiger partial charge in [-0.3, -0.25) is 4.90 Å². The van der Waals surface area contributed by atoms with Crippen molar-refractivity contribution in [2.24, 2.45) is 0 Å². The Morgan fingerprint density at radius 1 is 1.05 bits per heavy atom. The van der Waals surface area contributed by atoms with E-state index in [1.165, 1.54) is 27.8 Å². The number of hydrogen-bond acceptors (Lipinski definition) is 7. The van der Waals surface area contributed by atoms with Crippen molar-refractivity contribution in [2.75, 3.05) is 31.1 Å². The van der Waals surface area contributed by atoms with Crippen molar-refractivity contribution in [2.45, 2.75) is 79.2 Å². The predicted molar refractivity (Wildman–Crippen MR) is 140 cm³/mol. The third-order valence-electron chi connectivity index (χ3n) is 8.37. The van der Waals surface area contributed by atoms with Crippen molar-refractivity contribution in [1.29, 1.82) is 0 Å². The van der Waals surface area contributed by atoms with Crippen LogP contribution in [-0.4, -0.2) is 84.4 Å². The highest BCUT2D eigenvalue weighted by molar-refractivity contribution is 7.91. The Bertz CT molecular complexity index is 1190. The molecule has 3 aliphatic rings. The summed E-state index contributed by atoms with van der Waals surface area (Å²) >= 11 is 1.18. The number of hydrogen-bond donors (Lipinski definition) is 2. The number of sulfonamides is 1. The van der Waals surface area contributed by atoms with Gasteiger partial charge in [-0.15, -0.1) is 11.3 Å². The topological polar surface area (TPSA) is 84.3 Å². The van der Waals surface area contributed by atoms with E-state index in [4.69, 9.17) is 0 Å². The standard InChI is InChI=1S/C26H34F3N3O4S2/c1-25(34,26(27,28)29)18-7-9-19(10-8-18)31-12-11-30(38(35,36)24-6-3-13-37-24)16-22(31)17-32-20-4-2-5-21(32)15-23(33)14-20/h3,6-10,13,20-23,33-34H,2,4-5,11-12,14-17H2,1H3/t20?,21?,22-,23?,25-/m1/s1. The summed E-state index contributed by atoms with van der Waals surface area (Å²) in [6, 6.07) is 9.28. The normalized spacial score (nSPS) is 29.3. The Kier molecular flexibility index (Phi) is 7.60. The van der Waals surface area contributed by atoms with Crippen LogP contribution in [0.4, 0.5) is 18.9 Å². The summed E-state index contributed by atoms with van der Waals surface area (Å²) in [5, 5.41) is 22.2. The first kappa shape index (κ1) is 27.9. The van der Waals surface area contributed by atoms with Crippen LogP contribution in [0.2, 0.25) is 0 Å². The summed E-state index contributed by atoms with van der Waals surface area (Å²) in [6.45, 7) is 2.23. The van der Waals surface area contributed by atoms with E-state index in [0.29, 0.717) is 35.8 Å². The number of piperazine rings is 1. The van der Waals surface area contributed by atoms with Crippen LogP contribution in [0.1, 0.15) is 44.6 Å². The van der Waals surface area contributed by atoms with Crippen molar-refractivity contribution < 1.29 is 31.8 Å². The zero-order valence-electron chi connectivity index (χ0n) is 21.2. The van der Waals surface area contributed by atoms with E-state index < -0.39 is 21.8 Å². The first-order valence-electron chi connectivity index (χ1n) is 13.0. The number of rotatable bonds is 6. The zero-order chi connectivity index (χ0) is 27.3. The smallest absolute Gasteiger partial charge is 0.393 e. The van der Waals surface area contributed by atoms with Gasteiger partial charge in [0.05, 0.1) is 12.1 Å². The van der Waals surface area contributed by atoms with E-state index in [9.17, 15) is 31.8 Å². The first-order chi connectivity index (χ1) is 17.9. The highest BCUT2D eigenvalue weighted by atomic mass is 32.2. The van der Waals surface area contributed by atoms with Crippen LogP contribution in [0.15, 0.2) is 46.0 Å². The van der Waals surface area contributed by atoms with E-state index in [-0.39, 0.29) is 42.9 Å². The van der Waals surface area contributed by atoms with Gasteiger partial charge in [0.15, 0.2) is 5.60 Å². The molecule has 12 heteroatoms. The number of aliphatic hydroxyl groups is 2. The van der Waals surface area contributed by atoms with E-state index >= 15 is 0 Å². The summed E-state index contributed by atoms with van der Waals surface area (Å²) < 4.78 is 68.6. The molecule has 1 aromatic heterocycles. The lowest BCUT2D eigenvalue weighted by atomic mass is 9.82. The van der Waals surface area contributed by atoms with Gasteiger partial charge in [0, 0.05) is 44.0 Å². The number of fused-ring (bicyclic) bond motifs is 2. The Hall–Kier alpha value is -1.70. The van der Waals surface area contributed by atoms with Gasteiger partial charge in [0.25, 0.3) is 10.0 Å². The number of thiophene rings is 1. The molecular weight excluding hydrogens is 539 g/mol. The fourth-order valence-electron chi connectivity index (χ4n) is 6.21. The lowest BCUT2D eigenvalue weighted by molar-refractivity contribution is -0.258. The zero-order valence-corrected chi connectivity index (χ0v) is 22.9. The van der Waals surface area contributed by atoms with Gasteiger partial charge in [-0.25, -0.2) is 8.42 Å². The predicted octanol–water partition coefficient (Wildman–Crippen LogP) is 3.78. The number of anilines is 1. The Balaban J connectivity index is 1.43. The largest absolute Gasteiger partial charge is 0.421 e. The van der Waals surface area contributed by atoms with Gasteiger partial charge in [-0.05, 0) is 61.7 Å². The van der Waals surface area contributed by atoms with Crippen LogP contribution in [0.5, 0.6) is 0 Å². The monoisotopic (exact) mass is 573 g/mol. The van der Waals surface area contributed by atoms with E-state index in [1.807, 2.05) is 0 Å². The molecule has 3 saturated heterocycles. The van der Waals surface area contributed by atoms with E-state index in [0.717, 1.165) is 26.2 Å². The van der Waals surface area contributed by atoms with Crippen LogP contribution in [0, 0.1) is 0 Å². The minimum Gasteiger partial charge on any atom is -0.393 e. The van der Waals surface area contributed by atoms with Crippen LogP contribution in [-0.2, 0) is 15.6 Å². The van der Waals surface area contributed by atoms with Gasteiger partial charge in [0.1, 0.15) is 4.21 Å². The molecule has 0 spiro atoms. The highest BCUT2D eigenvalue weighted by Crippen LogP contribution is 2.40. The maximum Gasteiger partial charge on any atom is 0.421 e. The number of piperidine rings is 2. The van der Waals surface area contributed by atoms with Gasteiger partial charge in [-0.2, -0.15) is 17.5 Å². The number of halogens is 3. The molecule has 0 saturated carbocycles. The molecule has 2 unspecified atom stereocenters.